The summed E-state index contributed by atoms with van der Waals surface area (Å²) in [6, 6.07) is 10.2. The predicted octanol–water partition coefficient (Wildman–Crippen LogP) is 2.55. The number of rotatable bonds is 5. The van der Waals surface area contributed by atoms with E-state index >= 15 is 0 Å². The molecule has 27 heavy (non-hydrogen) atoms. The van der Waals surface area contributed by atoms with Crippen LogP contribution in [0.1, 0.15) is 29.4 Å². The molecule has 1 aromatic carbocycles. The highest BCUT2D eigenvalue weighted by molar-refractivity contribution is 5.95. The number of amides is 1. The molecule has 0 aliphatic carbocycles. The zero-order valence-electron chi connectivity index (χ0n) is 16.9. The number of hydrogen-bond donors (Lipinski definition) is 0. The average Bonchev–Trinajstić information content (AvgIpc) is 3.17. The third kappa shape index (κ3) is 4.27. The number of carbonyl (C=O) groups is 1. The fraction of sp³-hybridized carbons (Fsp3) is 0.476. The first kappa shape index (κ1) is 19.3. The van der Waals surface area contributed by atoms with Crippen LogP contribution in [0.15, 0.2) is 30.3 Å². The second kappa shape index (κ2) is 8.05. The van der Waals surface area contributed by atoms with Gasteiger partial charge in [-0.25, -0.2) is 9.97 Å². The Morgan fingerprint density at radius 2 is 1.96 bits per heavy atom. The van der Waals surface area contributed by atoms with E-state index in [0.29, 0.717) is 12.0 Å². The molecule has 1 aromatic heterocycles. The van der Waals surface area contributed by atoms with Crippen LogP contribution in [0.4, 0.5) is 5.95 Å². The summed E-state index contributed by atoms with van der Waals surface area (Å²) in [5.74, 6) is 0.785. The van der Waals surface area contributed by atoms with Gasteiger partial charge in [-0.2, -0.15) is 0 Å². The molecule has 2 aromatic rings. The van der Waals surface area contributed by atoms with Crippen molar-refractivity contribution < 1.29 is 4.79 Å². The van der Waals surface area contributed by atoms with E-state index in [1.165, 1.54) is 0 Å². The fourth-order valence-electron chi connectivity index (χ4n) is 3.35. The number of aryl methyl sites for hydroxylation is 1. The van der Waals surface area contributed by atoms with Gasteiger partial charge in [0.2, 0.25) is 5.95 Å². The molecule has 0 unspecified atom stereocenters. The molecule has 0 bridgehead atoms. The first-order valence-corrected chi connectivity index (χ1v) is 9.50. The number of anilines is 1. The van der Waals surface area contributed by atoms with Crippen LogP contribution < -0.4 is 4.90 Å². The SMILES string of the molecule is CCc1cc(-c2cccc(C(=O)N3CC[C@@H](N(C)C)C3)c2)nc(N(C)C)n1. The second-order valence-electron chi connectivity index (χ2n) is 7.53. The van der Waals surface area contributed by atoms with Gasteiger partial charge >= 0.3 is 0 Å². The Balaban J connectivity index is 1.88. The summed E-state index contributed by atoms with van der Waals surface area (Å²) in [5.41, 5.74) is 3.51. The van der Waals surface area contributed by atoms with E-state index in [4.69, 9.17) is 0 Å². The lowest BCUT2D eigenvalue weighted by Crippen LogP contribution is -2.34. The summed E-state index contributed by atoms with van der Waals surface area (Å²) in [6.07, 6.45) is 1.87. The summed E-state index contributed by atoms with van der Waals surface area (Å²) in [7, 11) is 8.02. The Hall–Kier alpha value is -2.47. The summed E-state index contributed by atoms with van der Waals surface area (Å²) in [4.78, 5) is 28.2. The minimum absolute atomic E-state index is 0.0961. The molecule has 1 aliphatic heterocycles. The topological polar surface area (TPSA) is 52.6 Å². The van der Waals surface area contributed by atoms with Crippen molar-refractivity contribution in [3.05, 3.63) is 41.6 Å². The highest BCUT2D eigenvalue weighted by atomic mass is 16.2. The Kier molecular flexibility index (Phi) is 5.75. The van der Waals surface area contributed by atoms with Crippen molar-refractivity contribution in [2.45, 2.75) is 25.8 Å². The van der Waals surface area contributed by atoms with Gasteiger partial charge in [0.25, 0.3) is 5.91 Å². The average molecular weight is 367 g/mol. The van der Waals surface area contributed by atoms with Crippen molar-refractivity contribution in [2.75, 3.05) is 46.2 Å². The third-order valence-electron chi connectivity index (χ3n) is 5.12. The van der Waals surface area contributed by atoms with Gasteiger partial charge in [-0.05, 0) is 45.1 Å². The summed E-state index contributed by atoms with van der Waals surface area (Å²) < 4.78 is 0. The van der Waals surface area contributed by atoms with Crippen molar-refractivity contribution in [1.29, 1.82) is 0 Å². The minimum Gasteiger partial charge on any atom is -0.347 e. The highest BCUT2D eigenvalue weighted by Gasteiger charge is 2.28. The maximum absolute atomic E-state index is 13.0. The van der Waals surface area contributed by atoms with Crippen LogP contribution in [0.3, 0.4) is 0 Å². The molecule has 1 fully saturated rings. The van der Waals surface area contributed by atoms with Crippen LogP contribution in [0.25, 0.3) is 11.3 Å². The number of hydrogen-bond acceptors (Lipinski definition) is 5. The zero-order chi connectivity index (χ0) is 19.6. The lowest BCUT2D eigenvalue weighted by atomic mass is 10.1. The molecule has 1 atom stereocenters. The Morgan fingerprint density at radius 3 is 2.59 bits per heavy atom. The molecule has 1 saturated heterocycles. The van der Waals surface area contributed by atoms with Crippen LogP contribution in [0.2, 0.25) is 0 Å². The largest absolute Gasteiger partial charge is 0.347 e. The quantitative estimate of drug-likeness (QED) is 0.813. The molecular weight excluding hydrogens is 338 g/mol. The Labute approximate surface area is 161 Å². The van der Waals surface area contributed by atoms with Crippen molar-refractivity contribution in [1.82, 2.24) is 19.8 Å². The van der Waals surface area contributed by atoms with Crippen LogP contribution in [-0.2, 0) is 6.42 Å². The number of likely N-dealkylation sites (N-methyl/N-ethyl adjacent to an activating group) is 1. The maximum atomic E-state index is 13.0. The van der Waals surface area contributed by atoms with Gasteiger partial charge in [0.05, 0.1) is 5.69 Å². The van der Waals surface area contributed by atoms with Crippen LogP contribution >= 0.6 is 0 Å². The Morgan fingerprint density at radius 1 is 1.19 bits per heavy atom. The van der Waals surface area contributed by atoms with Crippen LogP contribution in [-0.4, -0.2) is 73.0 Å². The summed E-state index contributed by atoms with van der Waals surface area (Å²) in [6.45, 7) is 3.68. The molecule has 1 aliphatic rings. The number of carbonyl (C=O) groups excluding carboxylic acids is 1. The summed E-state index contributed by atoms with van der Waals surface area (Å²) >= 11 is 0. The lowest BCUT2D eigenvalue weighted by Gasteiger charge is -2.20. The number of aromatic nitrogens is 2. The number of nitrogens with zero attached hydrogens (tertiary/aromatic N) is 5. The molecule has 0 saturated carbocycles. The monoisotopic (exact) mass is 367 g/mol. The standard InChI is InChI=1S/C21H29N5O/c1-6-17-13-19(23-21(22-17)25(4)5)15-8-7-9-16(12-15)20(27)26-11-10-18(14-26)24(2)3/h7-9,12-13,18H,6,10-11,14H2,1-5H3/t18-/m1/s1. The molecule has 2 heterocycles. The first-order valence-electron chi connectivity index (χ1n) is 9.50. The molecule has 3 rings (SSSR count). The Bertz CT molecular complexity index is 818. The lowest BCUT2D eigenvalue weighted by molar-refractivity contribution is 0.0783. The van der Waals surface area contributed by atoms with Crippen molar-refractivity contribution >= 4 is 11.9 Å². The van der Waals surface area contributed by atoms with Crippen molar-refractivity contribution in [3.63, 3.8) is 0 Å². The van der Waals surface area contributed by atoms with E-state index in [-0.39, 0.29) is 5.91 Å². The van der Waals surface area contributed by atoms with Gasteiger partial charge in [0.1, 0.15) is 0 Å². The molecule has 0 radical (unpaired) electrons. The molecule has 0 N–H and O–H groups in total. The maximum Gasteiger partial charge on any atom is 0.253 e. The third-order valence-corrected chi connectivity index (χ3v) is 5.12. The number of benzene rings is 1. The molecular formula is C21H29N5O. The van der Waals surface area contributed by atoms with Gasteiger partial charge in [0.15, 0.2) is 0 Å². The number of likely N-dealkylation sites (tertiary alicyclic amines) is 1. The van der Waals surface area contributed by atoms with Crippen LogP contribution in [0, 0.1) is 0 Å². The van der Waals surface area contributed by atoms with Gasteiger partial charge in [-0.15, -0.1) is 0 Å². The first-order chi connectivity index (χ1) is 12.9. The highest BCUT2D eigenvalue weighted by Crippen LogP contribution is 2.23. The van der Waals surface area contributed by atoms with E-state index in [2.05, 4.69) is 35.9 Å². The van der Waals surface area contributed by atoms with E-state index in [1.54, 1.807) is 0 Å². The van der Waals surface area contributed by atoms with E-state index in [0.717, 1.165) is 48.4 Å². The van der Waals surface area contributed by atoms with Gasteiger partial charge in [-0.1, -0.05) is 19.1 Å². The normalized spacial score (nSPS) is 16.8. The van der Waals surface area contributed by atoms with E-state index in [9.17, 15) is 4.79 Å². The van der Waals surface area contributed by atoms with E-state index in [1.807, 2.05) is 54.2 Å². The van der Waals surface area contributed by atoms with Gasteiger partial charge in [-0.3, -0.25) is 4.79 Å². The molecule has 144 valence electrons. The molecule has 0 spiro atoms. The van der Waals surface area contributed by atoms with E-state index < -0.39 is 0 Å². The van der Waals surface area contributed by atoms with Crippen molar-refractivity contribution in [2.24, 2.45) is 0 Å². The second-order valence-corrected chi connectivity index (χ2v) is 7.53. The van der Waals surface area contributed by atoms with Gasteiger partial charge < -0.3 is 14.7 Å². The molecule has 6 nitrogen and oxygen atoms in total. The zero-order valence-corrected chi connectivity index (χ0v) is 16.9. The van der Waals surface area contributed by atoms with Gasteiger partial charge in [0, 0.05) is 50.0 Å². The van der Waals surface area contributed by atoms with Crippen LogP contribution in [0.5, 0.6) is 0 Å². The smallest absolute Gasteiger partial charge is 0.253 e. The summed E-state index contributed by atoms with van der Waals surface area (Å²) in [5, 5.41) is 0. The predicted molar refractivity (Wildman–Crippen MR) is 109 cm³/mol. The fourth-order valence-corrected chi connectivity index (χ4v) is 3.35. The van der Waals surface area contributed by atoms with Crippen molar-refractivity contribution in [3.8, 4) is 11.3 Å². The molecule has 1 amide bonds. The molecule has 6 heteroatoms. The minimum atomic E-state index is 0.0961.